The molecule has 0 aliphatic carbocycles. The van der Waals surface area contributed by atoms with Crippen LogP contribution in [0.25, 0.3) is 0 Å². The van der Waals surface area contributed by atoms with E-state index in [1.165, 1.54) is 0 Å². The summed E-state index contributed by atoms with van der Waals surface area (Å²) in [5, 5.41) is 13.5. The molecule has 8 nitrogen and oxygen atoms in total. The lowest BCUT2D eigenvalue weighted by molar-refractivity contribution is -0.00521. The highest BCUT2D eigenvalue weighted by atomic mass is 16.5. The minimum absolute atomic E-state index is 0.106. The average Bonchev–Trinajstić information content (AvgIpc) is 3.16. The SMILES string of the molecule is Cc1cccc(Nc2nnc(C(=O)Nc3ccc(N4CC(C)OC(C)C4)cc3)o2)c1. The number of nitrogens with one attached hydrogen (secondary N) is 2. The molecule has 1 aliphatic rings. The number of hydrogen-bond donors (Lipinski definition) is 2. The number of carbonyl (C=O) groups is 1. The van der Waals surface area contributed by atoms with E-state index in [2.05, 4.69) is 39.6 Å². The van der Waals surface area contributed by atoms with Crippen molar-refractivity contribution in [3.8, 4) is 0 Å². The molecule has 0 radical (unpaired) electrons. The van der Waals surface area contributed by atoms with E-state index in [9.17, 15) is 4.79 Å². The standard InChI is InChI=1S/C22H25N5O3/c1-14-5-4-6-18(11-14)24-22-26-25-21(30-22)20(28)23-17-7-9-19(10-8-17)27-12-15(2)29-16(3)13-27/h4-11,15-16H,12-13H2,1-3H3,(H,23,28)(H,24,26). The van der Waals surface area contributed by atoms with Crippen LogP contribution in [0.2, 0.25) is 0 Å². The molecule has 0 saturated carbocycles. The van der Waals surface area contributed by atoms with Gasteiger partial charge in [-0.05, 0) is 62.7 Å². The van der Waals surface area contributed by atoms with Crippen molar-refractivity contribution in [2.45, 2.75) is 33.0 Å². The number of aromatic nitrogens is 2. The Morgan fingerprint density at radius 1 is 1.03 bits per heavy atom. The zero-order valence-electron chi connectivity index (χ0n) is 17.3. The van der Waals surface area contributed by atoms with E-state index in [4.69, 9.17) is 9.15 Å². The fourth-order valence-electron chi connectivity index (χ4n) is 3.54. The number of carbonyl (C=O) groups excluding carboxylic acids is 1. The Hall–Kier alpha value is -3.39. The Balaban J connectivity index is 1.37. The molecule has 2 N–H and O–H groups in total. The molecule has 0 spiro atoms. The van der Waals surface area contributed by atoms with Crippen molar-refractivity contribution in [2.75, 3.05) is 28.6 Å². The van der Waals surface area contributed by atoms with Crippen LogP contribution in [-0.4, -0.2) is 41.4 Å². The Labute approximate surface area is 175 Å². The summed E-state index contributed by atoms with van der Waals surface area (Å²) >= 11 is 0. The van der Waals surface area contributed by atoms with Crippen molar-refractivity contribution in [3.05, 3.63) is 60.0 Å². The molecule has 156 valence electrons. The zero-order valence-corrected chi connectivity index (χ0v) is 17.3. The van der Waals surface area contributed by atoms with Gasteiger partial charge in [0.25, 0.3) is 0 Å². The van der Waals surface area contributed by atoms with Gasteiger partial charge in [0.05, 0.1) is 12.2 Å². The molecule has 4 rings (SSSR count). The summed E-state index contributed by atoms with van der Waals surface area (Å²) in [6, 6.07) is 15.6. The molecule has 8 heteroatoms. The normalized spacial score (nSPS) is 18.8. The number of ether oxygens (including phenoxy) is 1. The monoisotopic (exact) mass is 407 g/mol. The average molecular weight is 407 g/mol. The van der Waals surface area contributed by atoms with Gasteiger partial charge in [-0.1, -0.05) is 17.2 Å². The molecule has 2 unspecified atom stereocenters. The quantitative estimate of drug-likeness (QED) is 0.661. The van der Waals surface area contributed by atoms with Crippen LogP contribution in [0.5, 0.6) is 0 Å². The van der Waals surface area contributed by atoms with E-state index in [1.54, 1.807) is 0 Å². The number of nitrogens with zero attached hydrogens (tertiary/aromatic N) is 3. The number of aryl methyl sites for hydroxylation is 1. The fraction of sp³-hybridized carbons (Fsp3) is 0.318. The first-order valence-electron chi connectivity index (χ1n) is 9.95. The fourth-order valence-corrected chi connectivity index (χ4v) is 3.54. The second kappa shape index (κ2) is 8.54. The van der Waals surface area contributed by atoms with Gasteiger partial charge in [0, 0.05) is 30.2 Å². The lowest BCUT2D eigenvalue weighted by Gasteiger charge is -2.36. The van der Waals surface area contributed by atoms with Crippen LogP contribution >= 0.6 is 0 Å². The molecular weight excluding hydrogens is 382 g/mol. The van der Waals surface area contributed by atoms with Gasteiger partial charge in [-0.3, -0.25) is 4.79 Å². The third kappa shape index (κ3) is 4.77. The molecule has 2 heterocycles. The first-order valence-corrected chi connectivity index (χ1v) is 9.95. The van der Waals surface area contributed by atoms with Crippen molar-refractivity contribution in [2.24, 2.45) is 0 Å². The summed E-state index contributed by atoms with van der Waals surface area (Å²) in [7, 11) is 0. The van der Waals surface area contributed by atoms with Crippen LogP contribution in [0.15, 0.2) is 52.9 Å². The summed E-state index contributed by atoms with van der Waals surface area (Å²) in [4.78, 5) is 14.7. The maximum Gasteiger partial charge on any atom is 0.320 e. The van der Waals surface area contributed by atoms with Gasteiger partial charge in [-0.2, -0.15) is 0 Å². The molecule has 1 aliphatic heterocycles. The molecule has 2 atom stereocenters. The molecule has 1 amide bonds. The van der Waals surface area contributed by atoms with Crippen LogP contribution in [-0.2, 0) is 4.74 Å². The second-order valence-electron chi connectivity index (χ2n) is 7.57. The Kier molecular flexibility index (Phi) is 5.67. The lowest BCUT2D eigenvalue weighted by Crippen LogP contribution is -2.45. The maximum atomic E-state index is 12.4. The van der Waals surface area contributed by atoms with Gasteiger partial charge in [-0.25, -0.2) is 0 Å². The van der Waals surface area contributed by atoms with Crippen LogP contribution < -0.4 is 15.5 Å². The number of amides is 1. The summed E-state index contributed by atoms with van der Waals surface area (Å²) in [5.74, 6) is -0.564. The molecule has 2 aromatic carbocycles. The number of anilines is 4. The van der Waals surface area contributed by atoms with E-state index in [1.807, 2.05) is 55.5 Å². The van der Waals surface area contributed by atoms with Gasteiger partial charge in [0.15, 0.2) is 0 Å². The first-order chi connectivity index (χ1) is 14.5. The smallest absolute Gasteiger partial charge is 0.320 e. The molecule has 1 saturated heterocycles. The van der Waals surface area contributed by atoms with Crippen molar-refractivity contribution in [1.82, 2.24) is 10.2 Å². The van der Waals surface area contributed by atoms with Gasteiger partial charge >= 0.3 is 17.8 Å². The van der Waals surface area contributed by atoms with E-state index >= 15 is 0 Å². The van der Waals surface area contributed by atoms with Gasteiger partial charge in [0.1, 0.15) is 0 Å². The van der Waals surface area contributed by atoms with E-state index < -0.39 is 5.91 Å². The van der Waals surface area contributed by atoms with Gasteiger partial charge < -0.3 is 24.7 Å². The highest BCUT2D eigenvalue weighted by molar-refractivity contribution is 6.01. The van der Waals surface area contributed by atoms with E-state index in [0.717, 1.165) is 30.0 Å². The number of morpholine rings is 1. The largest absolute Gasteiger partial charge is 0.399 e. The lowest BCUT2D eigenvalue weighted by atomic mass is 10.2. The van der Waals surface area contributed by atoms with E-state index in [-0.39, 0.29) is 24.1 Å². The summed E-state index contributed by atoms with van der Waals surface area (Å²) in [6.45, 7) is 7.82. The summed E-state index contributed by atoms with van der Waals surface area (Å²) < 4.78 is 11.2. The third-order valence-electron chi connectivity index (χ3n) is 4.80. The number of benzene rings is 2. The molecule has 1 fully saturated rings. The summed E-state index contributed by atoms with van der Waals surface area (Å²) in [6.07, 6.45) is 0.376. The Morgan fingerprint density at radius 3 is 2.47 bits per heavy atom. The highest BCUT2D eigenvalue weighted by Crippen LogP contribution is 2.23. The summed E-state index contributed by atoms with van der Waals surface area (Å²) in [5.41, 5.74) is 3.66. The minimum atomic E-state index is -0.457. The molecule has 0 bridgehead atoms. The molecular formula is C22H25N5O3. The van der Waals surface area contributed by atoms with Crippen molar-refractivity contribution in [3.63, 3.8) is 0 Å². The molecule has 3 aromatic rings. The second-order valence-corrected chi connectivity index (χ2v) is 7.57. The van der Waals surface area contributed by atoms with Crippen LogP contribution in [0.1, 0.15) is 30.1 Å². The zero-order chi connectivity index (χ0) is 21.1. The van der Waals surface area contributed by atoms with Gasteiger partial charge in [-0.15, -0.1) is 5.10 Å². The third-order valence-corrected chi connectivity index (χ3v) is 4.80. The molecule has 1 aromatic heterocycles. The predicted molar refractivity (Wildman–Crippen MR) is 115 cm³/mol. The van der Waals surface area contributed by atoms with Gasteiger partial charge in [0.2, 0.25) is 0 Å². The van der Waals surface area contributed by atoms with Crippen molar-refractivity contribution >= 4 is 29.0 Å². The number of rotatable bonds is 5. The van der Waals surface area contributed by atoms with Crippen LogP contribution in [0.3, 0.4) is 0 Å². The van der Waals surface area contributed by atoms with Crippen LogP contribution in [0.4, 0.5) is 23.1 Å². The minimum Gasteiger partial charge on any atom is -0.399 e. The maximum absolute atomic E-state index is 12.4. The van der Waals surface area contributed by atoms with Crippen LogP contribution in [0, 0.1) is 6.92 Å². The predicted octanol–water partition coefficient (Wildman–Crippen LogP) is 3.99. The Bertz CT molecular complexity index is 1010. The highest BCUT2D eigenvalue weighted by Gasteiger charge is 2.22. The Morgan fingerprint density at radius 2 is 1.77 bits per heavy atom. The molecule has 30 heavy (non-hydrogen) atoms. The van der Waals surface area contributed by atoms with Crippen molar-refractivity contribution < 1.29 is 13.9 Å². The van der Waals surface area contributed by atoms with Crippen molar-refractivity contribution in [1.29, 1.82) is 0 Å². The first kappa shape index (κ1) is 19.9. The topological polar surface area (TPSA) is 92.5 Å². The number of hydrogen-bond acceptors (Lipinski definition) is 7. The van der Waals surface area contributed by atoms with E-state index in [0.29, 0.717) is 5.69 Å².